The van der Waals surface area contributed by atoms with Gasteiger partial charge in [0.25, 0.3) is 0 Å². The normalized spacial score (nSPS) is 10.4. The number of hydrogen-bond donors (Lipinski definition) is 0. The van der Waals surface area contributed by atoms with Crippen LogP contribution in [0.25, 0.3) is 6.08 Å². The third-order valence-corrected chi connectivity index (χ3v) is 4.40. The smallest absolute Gasteiger partial charge is 0.307 e. The molecule has 16 heavy (non-hydrogen) atoms. The molecule has 1 radical (unpaired) electrons. The Morgan fingerprint density at radius 1 is 1.38 bits per heavy atom. The monoisotopic (exact) mass is 235 g/mol. The van der Waals surface area contributed by atoms with Crippen molar-refractivity contribution in [2.75, 3.05) is 13.3 Å². The molecule has 87 valence electrons. The third kappa shape index (κ3) is 3.83. The quantitative estimate of drug-likeness (QED) is 0.675. The van der Waals surface area contributed by atoms with Crippen molar-refractivity contribution >= 4 is 15.1 Å². The molecule has 0 saturated carbocycles. The average Bonchev–Trinajstić information content (AvgIpc) is 2.30. The van der Waals surface area contributed by atoms with Gasteiger partial charge in [-0.1, -0.05) is 44.2 Å². The maximum atomic E-state index is 6.02. The molecule has 0 aliphatic carbocycles. The molecule has 1 aromatic carbocycles. The van der Waals surface area contributed by atoms with Gasteiger partial charge in [0.15, 0.2) is 0 Å². The molecular formula is C13H19O2Si. The fourth-order valence-corrected chi connectivity index (χ4v) is 3.17. The minimum absolute atomic E-state index is 0.726. The van der Waals surface area contributed by atoms with Crippen LogP contribution in [0.3, 0.4) is 0 Å². The average molecular weight is 235 g/mol. The van der Waals surface area contributed by atoms with Gasteiger partial charge in [0, 0.05) is 12.7 Å². The van der Waals surface area contributed by atoms with Crippen molar-refractivity contribution in [1.82, 2.24) is 0 Å². The van der Waals surface area contributed by atoms with Gasteiger partial charge in [-0.25, -0.2) is 0 Å². The molecule has 0 aliphatic heterocycles. The Hall–Kier alpha value is -1.06. The summed E-state index contributed by atoms with van der Waals surface area (Å²) in [6, 6.07) is 9.09. The predicted octanol–water partition coefficient (Wildman–Crippen LogP) is 3.30. The van der Waals surface area contributed by atoms with Crippen molar-refractivity contribution < 1.29 is 9.16 Å². The van der Waals surface area contributed by atoms with Crippen molar-refractivity contribution in [2.24, 2.45) is 0 Å². The lowest BCUT2D eigenvalue weighted by molar-refractivity contribution is 0.238. The molecule has 0 unspecified atom stereocenters. The van der Waals surface area contributed by atoms with Crippen molar-refractivity contribution in [3.63, 3.8) is 0 Å². The van der Waals surface area contributed by atoms with Gasteiger partial charge >= 0.3 is 9.04 Å². The van der Waals surface area contributed by atoms with Gasteiger partial charge in [0.2, 0.25) is 0 Å². The first-order valence-corrected chi connectivity index (χ1v) is 7.37. The number of hydrogen-bond acceptors (Lipinski definition) is 2. The molecule has 0 heterocycles. The second-order valence-corrected chi connectivity index (χ2v) is 5.64. The van der Waals surface area contributed by atoms with E-state index in [4.69, 9.17) is 9.16 Å². The SMILES string of the molecule is C=Cc1ccccc1O[Si](CCC)COC. The predicted molar refractivity (Wildman–Crippen MR) is 69.9 cm³/mol. The Morgan fingerprint density at radius 3 is 2.75 bits per heavy atom. The van der Waals surface area contributed by atoms with Crippen LogP contribution >= 0.6 is 0 Å². The van der Waals surface area contributed by atoms with Gasteiger partial charge in [-0.05, 0) is 12.1 Å². The number of ether oxygens (including phenoxy) is 1. The highest BCUT2D eigenvalue weighted by atomic mass is 28.3. The summed E-state index contributed by atoms with van der Waals surface area (Å²) in [6.45, 7) is 5.96. The van der Waals surface area contributed by atoms with Gasteiger partial charge in [-0.3, -0.25) is 0 Å². The van der Waals surface area contributed by atoms with Crippen LogP contribution < -0.4 is 4.43 Å². The molecule has 0 saturated heterocycles. The standard InChI is InChI=1S/C13H19O2Si/c1-4-10-16(11-14-3)15-13-9-7-6-8-12(13)5-2/h5-9H,2,4,10-11H2,1,3H3. The second-order valence-electron chi connectivity index (χ2n) is 3.57. The van der Waals surface area contributed by atoms with E-state index in [2.05, 4.69) is 13.5 Å². The van der Waals surface area contributed by atoms with Crippen LogP contribution in [-0.2, 0) is 4.74 Å². The fraction of sp³-hybridized carbons (Fsp3) is 0.385. The molecule has 0 fully saturated rings. The van der Waals surface area contributed by atoms with Gasteiger partial charge < -0.3 is 9.16 Å². The minimum atomic E-state index is -0.901. The summed E-state index contributed by atoms with van der Waals surface area (Å²) in [4.78, 5) is 0. The fourth-order valence-electron chi connectivity index (χ4n) is 1.49. The van der Waals surface area contributed by atoms with Crippen LogP contribution in [0.4, 0.5) is 0 Å². The molecule has 2 nitrogen and oxygen atoms in total. The molecule has 0 aliphatic rings. The Labute approximate surface area is 99.6 Å². The molecule has 1 rings (SSSR count). The molecule has 0 amide bonds. The van der Waals surface area contributed by atoms with E-state index in [9.17, 15) is 0 Å². The highest BCUT2D eigenvalue weighted by molar-refractivity contribution is 6.52. The van der Waals surface area contributed by atoms with E-state index in [-0.39, 0.29) is 0 Å². The van der Waals surface area contributed by atoms with Crippen LogP contribution in [0.5, 0.6) is 5.75 Å². The first-order valence-electron chi connectivity index (χ1n) is 5.54. The molecule has 0 bridgehead atoms. The van der Waals surface area contributed by atoms with Crippen molar-refractivity contribution in [2.45, 2.75) is 19.4 Å². The van der Waals surface area contributed by atoms with Crippen LogP contribution in [0.15, 0.2) is 30.8 Å². The molecule has 0 N–H and O–H groups in total. The number of methoxy groups -OCH3 is 1. The van der Waals surface area contributed by atoms with Crippen LogP contribution in [0.1, 0.15) is 18.9 Å². The number of rotatable bonds is 7. The maximum absolute atomic E-state index is 6.02. The summed E-state index contributed by atoms with van der Waals surface area (Å²) in [5.41, 5.74) is 1.05. The van der Waals surface area contributed by atoms with Gasteiger partial charge in [0.1, 0.15) is 5.75 Å². The van der Waals surface area contributed by atoms with E-state index in [1.165, 1.54) is 0 Å². The zero-order valence-corrected chi connectivity index (χ0v) is 11.0. The molecule has 0 spiro atoms. The summed E-state index contributed by atoms with van der Waals surface area (Å²) in [6.07, 6.45) is 3.69. The zero-order valence-electron chi connectivity index (χ0n) is 10.0. The molecule has 1 aromatic rings. The molecule has 0 aromatic heterocycles. The summed E-state index contributed by atoms with van der Waals surface area (Å²) in [5, 5.41) is 0. The maximum Gasteiger partial charge on any atom is 0.307 e. The largest absolute Gasteiger partial charge is 0.539 e. The Morgan fingerprint density at radius 2 is 2.12 bits per heavy atom. The first-order chi connectivity index (χ1) is 7.81. The Balaban J connectivity index is 2.71. The highest BCUT2D eigenvalue weighted by Gasteiger charge is 2.15. The van der Waals surface area contributed by atoms with Crippen LogP contribution in [0.2, 0.25) is 6.04 Å². The lowest BCUT2D eigenvalue weighted by Gasteiger charge is -2.16. The van der Waals surface area contributed by atoms with E-state index in [1.807, 2.05) is 30.3 Å². The number of para-hydroxylation sites is 1. The first kappa shape index (κ1) is 13.0. The topological polar surface area (TPSA) is 18.5 Å². The van der Waals surface area contributed by atoms with Crippen LogP contribution in [-0.4, -0.2) is 22.4 Å². The lowest BCUT2D eigenvalue weighted by atomic mass is 10.2. The second kappa shape index (κ2) is 7.25. The summed E-state index contributed by atoms with van der Waals surface area (Å²) in [7, 11) is 0.825. The van der Waals surface area contributed by atoms with Crippen molar-refractivity contribution in [1.29, 1.82) is 0 Å². The lowest BCUT2D eigenvalue weighted by Crippen LogP contribution is -2.28. The summed E-state index contributed by atoms with van der Waals surface area (Å²) in [5.74, 6) is 0.928. The van der Waals surface area contributed by atoms with E-state index in [1.54, 1.807) is 7.11 Å². The van der Waals surface area contributed by atoms with E-state index < -0.39 is 9.04 Å². The van der Waals surface area contributed by atoms with Crippen molar-refractivity contribution in [3.8, 4) is 5.75 Å². The number of benzene rings is 1. The van der Waals surface area contributed by atoms with E-state index >= 15 is 0 Å². The molecule has 3 heteroatoms. The third-order valence-electron chi connectivity index (χ3n) is 2.23. The Bertz CT molecular complexity index is 319. The zero-order chi connectivity index (χ0) is 11.8. The Kier molecular flexibility index (Phi) is 5.89. The van der Waals surface area contributed by atoms with Crippen molar-refractivity contribution in [3.05, 3.63) is 36.4 Å². The van der Waals surface area contributed by atoms with Gasteiger partial charge in [-0.2, -0.15) is 0 Å². The van der Waals surface area contributed by atoms with Gasteiger partial charge in [0.05, 0.1) is 6.23 Å². The minimum Gasteiger partial charge on any atom is -0.539 e. The highest BCUT2D eigenvalue weighted by Crippen LogP contribution is 2.20. The van der Waals surface area contributed by atoms with Gasteiger partial charge in [-0.15, -0.1) is 0 Å². The van der Waals surface area contributed by atoms with Crippen LogP contribution in [0, 0.1) is 0 Å². The van der Waals surface area contributed by atoms with E-state index in [0.29, 0.717) is 0 Å². The molecular weight excluding hydrogens is 216 g/mol. The van der Waals surface area contributed by atoms with E-state index in [0.717, 1.165) is 30.0 Å². The molecule has 0 atom stereocenters. The summed E-state index contributed by atoms with van der Waals surface area (Å²) < 4.78 is 11.2. The summed E-state index contributed by atoms with van der Waals surface area (Å²) >= 11 is 0.